The number of anilines is 1. The number of β-amino-alcohol motifs (C(OH)–C–C–N with tert-alkyl or cyclic N) is 1. The molecule has 3 rings (SSSR count). The average molecular weight is 287 g/mol. The molecule has 1 aliphatic heterocycles. The summed E-state index contributed by atoms with van der Waals surface area (Å²) in [6.07, 6.45) is 0.407. The van der Waals surface area contributed by atoms with Crippen molar-refractivity contribution in [3.05, 3.63) is 30.0 Å². The molecule has 2 unspecified atom stereocenters. The second-order valence-electron chi connectivity index (χ2n) is 5.96. The zero-order valence-electron chi connectivity index (χ0n) is 12.4. The molecule has 1 aromatic heterocycles. The standard InChI is InChI=1S/C16H21N3O2/c1-10-5-6-19(9-15(10)20)16(21)18-13-3-4-14-12(8-13)7-11(2)17-14/h3-4,7-8,10,15,17,20H,5-6,9H2,1-2H3,(H,18,21). The molecule has 112 valence electrons. The zero-order valence-corrected chi connectivity index (χ0v) is 12.4. The Morgan fingerprint density at radius 1 is 1.43 bits per heavy atom. The minimum absolute atomic E-state index is 0.146. The van der Waals surface area contributed by atoms with Crippen molar-refractivity contribution >= 4 is 22.6 Å². The van der Waals surface area contributed by atoms with Crippen LogP contribution in [-0.4, -0.2) is 40.2 Å². The number of benzene rings is 1. The fraction of sp³-hybridized carbons (Fsp3) is 0.438. The third-order valence-electron chi connectivity index (χ3n) is 4.21. The van der Waals surface area contributed by atoms with Crippen molar-refractivity contribution < 1.29 is 9.90 Å². The van der Waals surface area contributed by atoms with Crippen molar-refractivity contribution in [2.75, 3.05) is 18.4 Å². The SMILES string of the molecule is Cc1cc2cc(NC(=O)N3CCC(C)C(O)C3)ccc2[nH]1. The highest BCUT2D eigenvalue weighted by molar-refractivity contribution is 5.93. The lowest BCUT2D eigenvalue weighted by Crippen LogP contribution is -2.47. The van der Waals surface area contributed by atoms with Crippen molar-refractivity contribution in [3.63, 3.8) is 0 Å². The number of H-pyrrole nitrogens is 1. The summed E-state index contributed by atoms with van der Waals surface area (Å²) >= 11 is 0. The molecule has 0 radical (unpaired) electrons. The van der Waals surface area contributed by atoms with Crippen LogP contribution >= 0.6 is 0 Å². The Kier molecular flexibility index (Phi) is 3.59. The molecular weight excluding hydrogens is 266 g/mol. The van der Waals surface area contributed by atoms with E-state index in [0.717, 1.165) is 28.7 Å². The van der Waals surface area contributed by atoms with Crippen LogP contribution in [0.25, 0.3) is 10.9 Å². The lowest BCUT2D eigenvalue weighted by Gasteiger charge is -2.34. The highest BCUT2D eigenvalue weighted by Gasteiger charge is 2.27. The highest BCUT2D eigenvalue weighted by atomic mass is 16.3. The van der Waals surface area contributed by atoms with E-state index in [4.69, 9.17) is 0 Å². The minimum atomic E-state index is -0.431. The summed E-state index contributed by atoms with van der Waals surface area (Å²) in [5.41, 5.74) is 2.94. The number of nitrogens with one attached hydrogen (secondary N) is 2. The molecular formula is C16H21N3O2. The van der Waals surface area contributed by atoms with Crippen LogP contribution in [0, 0.1) is 12.8 Å². The van der Waals surface area contributed by atoms with Crippen LogP contribution in [-0.2, 0) is 0 Å². The molecule has 1 saturated heterocycles. The van der Waals surface area contributed by atoms with Gasteiger partial charge in [-0.2, -0.15) is 0 Å². The number of aryl methyl sites for hydroxylation is 1. The molecule has 2 aromatic rings. The maximum atomic E-state index is 12.3. The Labute approximate surface area is 124 Å². The van der Waals surface area contributed by atoms with Crippen LogP contribution in [0.1, 0.15) is 19.0 Å². The maximum absolute atomic E-state index is 12.3. The first-order chi connectivity index (χ1) is 10.0. The molecule has 5 nitrogen and oxygen atoms in total. The van der Waals surface area contributed by atoms with Crippen LogP contribution in [0.3, 0.4) is 0 Å². The lowest BCUT2D eigenvalue weighted by molar-refractivity contribution is 0.0464. The number of rotatable bonds is 1. The summed E-state index contributed by atoms with van der Waals surface area (Å²) in [4.78, 5) is 17.2. The minimum Gasteiger partial charge on any atom is -0.391 e. The number of nitrogens with zero attached hydrogens (tertiary/aromatic N) is 1. The number of urea groups is 1. The lowest BCUT2D eigenvalue weighted by atomic mass is 9.96. The summed E-state index contributed by atoms with van der Waals surface area (Å²) in [5.74, 6) is 0.258. The van der Waals surface area contributed by atoms with Gasteiger partial charge in [0, 0.05) is 35.4 Å². The number of aromatic nitrogens is 1. The summed E-state index contributed by atoms with van der Waals surface area (Å²) in [7, 11) is 0. The Morgan fingerprint density at radius 2 is 2.24 bits per heavy atom. The smallest absolute Gasteiger partial charge is 0.321 e. The number of hydrogen-bond acceptors (Lipinski definition) is 2. The molecule has 1 aliphatic rings. The van der Waals surface area contributed by atoms with Gasteiger partial charge in [-0.3, -0.25) is 0 Å². The summed E-state index contributed by atoms with van der Waals surface area (Å²) in [5, 5.41) is 13.9. The zero-order chi connectivity index (χ0) is 15.0. The molecule has 2 atom stereocenters. The van der Waals surface area contributed by atoms with Gasteiger partial charge in [0.2, 0.25) is 0 Å². The first-order valence-corrected chi connectivity index (χ1v) is 7.36. The monoisotopic (exact) mass is 287 g/mol. The number of aliphatic hydroxyl groups is 1. The Morgan fingerprint density at radius 3 is 3.00 bits per heavy atom. The fourth-order valence-electron chi connectivity index (χ4n) is 2.79. The van der Waals surface area contributed by atoms with Gasteiger partial charge in [0.05, 0.1) is 6.10 Å². The van der Waals surface area contributed by atoms with Crippen LogP contribution in [0.2, 0.25) is 0 Å². The number of carbonyl (C=O) groups excluding carboxylic acids is 1. The molecule has 5 heteroatoms. The van der Waals surface area contributed by atoms with Crippen molar-refractivity contribution in [2.45, 2.75) is 26.4 Å². The first kappa shape index (κ1) is 13.9. The number of hydrogen-bond donors (Lipinski definition) is 3. The topological polar surface area (TPSA) is 68.4 Å². The van der Waals surface area contributed by atoms with Crippen molar-refractivity contribution in [3.8, 4) is 0 Å². The van der Waals surface area contributed by atoms with E-state index in [0.29, 0.717) is 13.1 Å². The molecule has 2 amide bonds. The predicted octanol–water partition coefficient (Wildman–Crippen LogP) is 2.71. The van der Waals surface area contributed by atoms with Crippen LogP contribution < -0.4 is 5.32 Å². The van der Waals surface area contributed by atoms with Gasteiger partial charge in [-0.25, -0.2) is 4.79 Å². The Bertz CT molecular complexity index is 665. The van der Waals surface area contributed by atoms with Crippen molar-refractivity contribution in [1.29, 1.82) is 0 Å². The van der Waals surface area contributed by atoms with E-state index in [1.165, 1.54) is 0 Å². The normalized spacial score (nSPS) is 22.5. The summed E-state index contributed by atoms with van der Waals surface area (Å²) in [6.45, 7) is 5.12. The largest absolute Gasteiger partial charge is 0.391 e. The molecule has 0 saturated carbocycles. The van der Waals surface area contributed by atoms with E-state index in [1.54, 1.807) is 4.90 Å². The van der Waals surface area contributed by atoms with Crippen LogP contribution in [0.5, 0.6) is 0 Å². The molecule has 2 heterocycles. The quantitative estimate of drug-likeness (QED) is 0.755. The van der Waals surface area contributed by atoms with E-state index in [1.807, 2.05) is 32.0 Å². The Hall–Kier alpha value is -2.01. The van der Waals surface area contributed by atoms with Gasteiger partial charge in [-0.1, -0.05) is 6.92 Å². The van der Waals surface area contributed by atoms with Gasteiger partial charge >= 0.3 is 6.03 Å². The van der Waals surface area contributed by atoms with Gasteiger partial charge < -0.3 is 20.3 Å². The van der Waals surface area contributed by atoms with Crippen molar-refractivity contribution in [2.24, 2.45) is 5.92 Å². The second kappa shape index (κ2) is 5.41. The van der Waals surface area contributed by atoms with Gasteiger partial charge in [0.15, 0.2) is 0 Å². The third-order valence-corrected chi connectivity index (χ3v) is 4.21. The van der Waals surface area contributed by atoms with Crippen LogP contribution in [0.4, 0.5) is 10.5 Å². The Balaban J connectivity index is 1.71. The second-order valence-corrected chi connectivity index (χ2v) is 5.96. The first-order valence-electron chi connectivity index (χ1n) is 7.36. The highest BCUT2D eigenvalue weighted by Crippen LogP contribution is 2.21. The molecule has 0 bridgehead atoms. The van der Waals surface area contributed by atoms with Crippen molar-refractivity contribution in [1.82, 2.24) is 9.88 Å². The number of carbonyl (C=O) groups is 1. The van der Waals surface area contributed by atoms with Gasteiger partial charge in [0.25, 0.3) is 0 Å². The molecule has 0 spiro atoms. The molecule has 0 aliphatic carbocycles. The summed E-state index contributed by atoms with van der Waals surface area (Å²) in [6, 6.07) is 7.72. The number of piperidine rings is 1. The number of aromatic amines is 1. The predicted molar refractivity (Wildman–Crippen MR) is 83.4 cm³/mol. The van der Waals surface area contributed by atoms with E-state index in [9.17, 15) is 9.90 Å². The van der Waals surface area contributed by atoms with E-state index in [2.05, 4.69) is 16.4 Å². The van der Waals surface area contributed by atoms with E-state index >= 15 is 0 Å². The fourth-order valence-corrected chi connectivity index (χ4v) is 2.79. The number of fused-ring (bicyclic) bond motifs is 1. The third kappa shape index (κ3) is 2.88. The summed E-state index contributed by atoms with van der Waals surface area (Å²) < 4.78 is 0. The molecule has 3 N–H and O–H groups in total. The van der Waals surface area contributed by atoms with E-state index < -0.39 is 6.10 Å². The van der Waals surface area contributed by atoms with Crippen LogP contribution in [0.15, 0.2) is 24.3 Å². The molecule has 21 heavy (non-hydrogen) atoms. The van der Waals surface area contributed by atoms with Gasteiger partial charge in [-0.05, 0) is 43.5 Å². The number of amides is 2. The van der Waals surface area contributed by atoms with E-state index in [-0.39, 0.29) is 11.9 Å². The average Bonchev–Trinajstić information content (AvgIpc) is 2.81. The maximum Gasteiger partial charge on any atom is 0.321 e. The van der Waals surface area contributed by atoms with Gasteiger partial charge in [0.1, 0.15) is 0 Å². The number of likely N-dealkylation sites (tertiary alicyclic amines) is 1. The molecule has 1 aromatic carbocycles. The number of aliphatic hydroxyl groups excluding tert-OH is 1. The van der Waals surface area contributed by atoms with Gasteiger partial charge in [-0.15, -0.1) is 0 Å². The molecule has 1 fully saturated rings.